The van der Waals surface area contributed by atoms with Crippen LogP contribution in [0.15, 0.2) is 45.8 Å². The number of carbonyl (C=O) groups excluding carboxylic acids is 2. The summed E-state index contributed by atoms with van der Waals surface area (Å²) in [6, 6.07) is 11.4. The summed E-state index contributed by atoms with van der Waals surface area (Å²) in [6.07, 6.45) is 2.39. The van der Waals surface area contributed by atoms with Gasteiger partial charge in [0.25, 0.3) is 11.5 Å². The molecule has 3 aromatic rings. The molecule has 2 amide bonds. The molecule has 35 heavy (non-hydrogen) atoms. The Kier molecular flexibility index (Phi) is 7.59. The van der Waals surface area contributed by atoms with Crippen molar-refractivity contribution in [1.29, 1.82) is 0 Å². The molecule has 0 saturated heterocycles. The van der Waals surface area contributed by atoms with Crippen molar-refractivity contribution in [2.45, 2.75) is 45.7 Å². The fraction of sp³-hybridized carbons (Fsp3) is 0.400. The number of fused-ring (bicyclic) bond motifs is 1. The van der Waals surface area contributed by atoms with Crippen LogP contribution in [0.3, 0.4) is 0 Å². The number of rotatable bonds is 8. The van der Waals surface area contributed by atoms with Gasteiger partial charge in [0, 0.05) is 44.2 Å². The van der Waals surface area contributed by atoms with Crippen LogP contribution in [0.1, 0.15) is 45.8 Å². The topological polar surface area (TPSA) is 120 Å². The number of ether oxygens (including phenoxy) is 1. The lowest BCUT2D eigenvalue weighted by Crippen LogP contribution is -2.34. The molecule has 4 rings (SSSR count). The van der Waals surface area contributed by atoms with Gasteiger partial charge >= 0.3 is 0 Å². The smallest absolute Gasteiger partial charge is 0.257 e. The lowest BCUT2D eigenvalue weighted by molar-refractivity contribution is -0.131. The van der Waals surface area contributed by atoms with Gasteiger partial charge in [-0.3, -0.25) is 14.4 Å². The van der Waals surface area contributed by atoms with Gasteiger partial charge in [-0.2, -0.15) is 0 Å². The van der Waals surface area contributed by atoms with E-state index in [-0.39, 0.29) is 23.8 Å². The highest BCUT2D eigenvalue weighted by Crippen LogP contribution is 2.23. The summed E-state index contributed by atoms with van der Waals surface area (Å²) in [5, 5.41) is 10.3. The Bertz CT molecular complexity index is 1250. The molecule has 1 aliphatic rings. The van der Waals surface area contributed by atoms with Crippen LogP contribution in [-0.2, 0) is 30.7 Å². The quantitative estimate of drug-likeness (QED) is 0.524. The number of nitrogens with zero attached hydrogens (tertiary/aromatic N) is 4. The molecule has 0 bridgehead atoms. The largest absolute Gasteiger partial charge is 0.496 e. The Hall–Kier alpha value is -3.95. The average molecular weight is 480 g/mol. The first-order valence-electron chi connectivity index (χ1n) is 11.7. The number of methoxy groups -OCH3 is 1. The number of carbonyl (C=O) groups is 2. The molecule has 0 spiro atoms. The maximum atomic E-state index is 13.2. The molecule has 0 radical (unpaired) electrons. The van der Waals surface area contributed by atoms with Crippen molar-refractivity contribution in [3.8, 4) is 5.75 Å². The summed E-state index contributed by atoms with van der Waals surface area (Å²) in [7, 11) is 1.42. The third-order valence-electron chi connectivity index (χ3n) is 6.25. The van der Waals surface area contributed by atoms with E-state index in [9.17, 15) is 14.4 Å². The number of pyridine rings is 1. The number of nitrogens with one attached hydrogen (secondary N) is 1. The van der Waals surface area contributed by atoms with Crippen molar-refractivity contribution in [2.24, 2.45) is 0 Å². The van der Waals surface area contributed by atoms with Gasteiger partial charge in [-0.15, -0.1) is 0 Å². The molecule has 10 nitrogen and oxygen atoms in total. The fourth-order valence-corrected chi connectivity index (χ4v) is 4.31. The lowest BCUT2D eigenvalue weighted by Gasteiger charge is -2.20. The van der Waals surface area contributed by atoms with Crippen LogP contribution in [0.4, 0.5) is 0 Å². The van der Waals surface area contributed by atoms with E-state index in [0.717, 1.165) is 12.8 Å². The molecule has 0 saturated carbocycles. The average Bonchev–Trinajstić information content (AvgIpc) is 3.14. The van der Waals surface area contributed by atoms with E-state index in [0.29, 0.717) is 55.1 Å². The van der Waals surface area contributed by atoms with Crippen LogP contribution in [0.5, 0.6) is 5.75 Å². The molecule has 0 fully saturated rings. The van der Waals surface area contributed by atoms with Gasteiger partial charge in [0.1, 0.15) is 22.7 Å². The molecule has 1 aromatic carbocycles. The van der Waals surface area contributed by atoms with Gasteiger partial charge in [-0.05, 0) is 25.3 Å². The molecule has 2 aromatic heterocycles. The minimum Gasteiger partial charge on any atom is -0.496 e. The van der Waals surface area contributed by atoms with E-state index >= 15 is 0 Å². The standard InChI is InChI=1S/C25H29N5O5/c1-17-19(28-35-27-17)16-26-25(33)24-20-11-12-29(13-14-30(20)23(32)15-21(24)34-2)22(31)10-6-9-18-7-4-3-5-8-18/h3-5,7-8,15H,6,9-14,16H2,1-2H3,(H,26,33). The van der Waals surface area contributed by atoms with Gasteiger partial charge in [-0.1, -0.05) is 40.6 Å². The second kappa shape index (κ2) is 11.0. The monoisotopic (exact) mass is 479 g/mol. The van der Waals surface area contributed by atoms with E-state index in [4.69, 9.17) is 4.74 Å². The molecular weight excluding hydrogens is 450 g/mol. The van der Waals surface area contributed by atoms with Crippen LogP contribution in [0.25, 0.3) is 0 Å². The molecular formula is C25H29N5O5. The van der Waals surface area contributed by atoms with E-state index < -0.39 is 5.91 Å². The molecule has 1 N–H and O–H groups in total. The highest BCUT2D eigenvalue weighted by Gasteiger charge is 2.26. The molecule has 0 aliphatic carbocycles. The van der Waals surface area contributed by atoms with Crippen molar-refractivity contribution in [3.05, 3.63) is 75.0 Å². The third kappa shape index (κ3) is 5.59. The Balaban J connectivity index is 1.46. The lowest BCUT2D eigenvalue weighted by atomic mass is 10.1. The number of hydrogen-bond acceptors (Lipinski definition) is 7. The Labute approximate surface area is 202 Å². The molecule has 3 heterocycles. The minimum absolute atomic E-state index is 0.0498. The predicted octanol–water partition coefficient (Wildman–Crippen LogP) is 1.89. The van der Waals surface area contributed by atoms with Crippen molar-refractivity contribution in [3.63, 3.8) is 0 Å². The van der Waals surface area contributed by atoms with Crippen molar-refractivity contribution >= 4 is 11.8 Å². The summed E-state index contributed by atoms with van der Waals surface area (Å²) in [6.45, 7) is 3.01. The van der Waals surface area contributed by atoms with Crippen LogP contribution in [0.2, 0.25) is 0 Å². The van der Waals surface area contributed by atoms with Crippen LogP contribution in [0, 0.1) is 6.92 Å². The molecule has 0 atom stereocenters. The van der Waals surface area contributed by atoms with Crippen molar-refractivity contribution < 1.29 is 19.0 Å². The Morgan fingerprint density at radius 2 is 1.94 bits per heavy atom. The zero-order valence-corrected chi connectivity index (χ0v) is 20.0. The summed E-state index contributed by atoms with van der Waals surface area (Å²) in [5.74, 6) is -0.138. The summed E-state index contributed by atoms with van der Waals surface area (Å²) >= 11 is 0. The second-order valence-electron chi connectivity index (χ2n) is 8.47. The highest BCUT2D eigenvalue weighted by atomic mass is 16.6. The molecule has 10 heteroatoms. The number of benzene rings is 1. The van der Waals surface area contributed by atoms with Gasteiger partial charge < -0.3 is 19.5 Å². The Morgan fingerprint density at radius 1 is 1.14 bits per heavy atom. The summed E-state index contributed by atoms with van der Waals surface area (Å²) in [4.78, 5) is 40.6. The fourth-order valence-electron chi connectivity index (χ4n) is 4.31. The second-order valence-corrected chi connectivity index (χ2v) is 8.47. The maximum absolute atomic E-state index is 13.2. The first-order chi connectivity index (χ1) is 17.0. The van der Waals surface area contributed by atoms with E-state index in [2.05, 4.69) is 32.4 Å². The summed E-state index contributed by atoms with van der Waals surface area (Å²) < 4.78 is 11.6. The van der Waals surface area contributed by atoms with Crippen LogP contribution >= 0.6 is 0 Å². The van der Waals surface area contributed by atoms with Gasteiger partial charge in [0.05, 0.1) is 13.7 Å². The van der Waals surface area contributed by atoms with Crippen LogP contribution < -0.4 is 15.6 Å². The first-order valence-corrected chi connectivity index (χ1v) is 11.7. The van der Waals surface area contributed by atoms with Gasteiger partial charge in [0.2, 0.25) is 5.91 Å². The van der Waals surface area contributed by atoms with Crippen molar-refractivity contribution in [2.75, 3.05) is 20.2 Å². The zero-order chi connectivity index (χ0) is 24.8. The van der Waals surface area contributed by atoms with E-state index in [1.54, 1.807) is 16.4 Å². The Morgan fingerprint density at radius 3 is 2.66 bits per heavy atom. The first kappa shape index (κ1) is 24.2. The SMILES string of the molecule is COc1cc(=O)n2c(c1C(=O)NCc1nonc1C)CCN(C(=O)CCCc1ccccc1)CC2. The zero-order valence-electron chi connectivity index (χ0n) is 20.0. The minimum atomic E-state index is -0.393. The van der Waals surface area contributed by atoms with Crippen LogP contribution in [-0.4, -0.2) is 51.8 Å². The van der Waals surface area contributed by atoms with E-state index in [1.807, 2.05) is 18.2 Å². The van der Waals surface area contributed by atoms with E-state index in [1.165, 1.54) is 18.7 Å². The van der Waals surface area contributed by atoms with Gasteiger partial charge in [0.15, 0.2) is 0 Å². The number of hydrogen-bond donors (Lipinski definition) is 1. The molecule has 1 aliphatic heterocycles. The summed E-state index contributed by atoms with van der Waals surface area (Å²) in [5.41, 5.74) is 2.89. The highest BCUT2D eigenvalue weighted by molar-refractivity contribution is 5.98. The van der Waals surface area contributed by atoms with Crippen molar-refractivity contribution in [1.82, 2.24) is 25.1 Å². The number of aromatic nitrogens is 3. The number of aryl methyl sites for hydroxylation is 2. The van der Waals surface area contributed by atoms with Gasteiger partial charge in [-0.25, -0.2) is 4.63 Å². The predicted molar refractivity (Wildman–Crippen MR) is 127 cm³/mol. The normalized spacial score (nSPS) is 13.1. The third-order valence-corrected chi connectivity index (χ3v) is 6.25. The maximum Gasteiger partial charge on any atom is 0.257 e. The molecule has 0 unspecified atom stereocenters. The molecule has 184 valence electrons. The number of amides is 2.